The lowest BCUT2D eigenvalue weighted by Crippen LogP contribution is -1.88. The molecule has 1 aromatic rings. The van der Waals surface area contributed by atoms with E-state index in [1.165, 1.54) is 5.56 Å². The number of benzene rings is 1. The van der Waals surface area contributed by atoms with Crippen molar-refractivity contribution < 1.29 is 9.84 Å². The Bertz CT molecular complexity index is 240. The number of epoxide rings is 1. The molecule has 1 aliphatic heterocycles. The summed E-state index contributed by atoms with van der Waals surface area (Å²) in [5, 5.41) is 8.08. The van der Waals surface area contributed by atoms with Gasteiger partial charge in [0.2, 0.25) is 0 Å². The molecular formula is C11H14O2. The van der Waals surface area contributed by atoms with Crippen molar-refractivity contribution in [2.24, 2.45) is 0 Å². The van der Waals surface area contributed by atoms with Crippen LogP contribution in [0.5, 0.6) is 0 Å². The Morgan fingerprint density at radius 3 is 2.31 bits per heavy atom. The van der Waals surface area contributed by atoms with Crippen molar-refractivity contribution in [2.45, 2.75) is 6.10 Å². The molecule has 0 amide bonds. The van der Waals surface area contributed by atoms with E-state index in [4.69, 9.17) is 5.11 Å². The average molecular weight is 178 g/mol. The molecule has 1 N–H and O–H groups in total. The maximum Gasteiger partial charge on any atom is 0.104 e. The number of hydrogen-bond donors (Lipinski definition) is 1. The summed E-state index contributed by atoms with van der Waals surface area (Å²) in [5.74, 6) is 0. The van der Waals surface area contributed by atoms with Gasteiger partial charge in [0.1, 0.15) is 6.10 Å². The van der Waals surface area contributed by atoms with Crippen molar-refractivity contribution in [3.8, 4) is 0 Å². The van der Waals surface area contributed by atoms with Crippen LogP contribution in [0.3, 0.4) is 0 Å². The largest absolute Gasteiger partial charge is 0.394 e. The van der Waals surface area contributed by atoms with Gasteiger partial charge >= 0.3 is 0 Å². The molecule has 1 aliphatic rings. The van der Waals surface area contributed by atoms with Crippen molar-refractivity contribution in [1.82, 2.24) is 0 Å². The minimum absolute atomic E-state index is 0.190. The van der Waals surface area contributed by atoms with E-state index in [2.05, 4.69) is 11.3 Å². The Hall–Kier alpha value is -1.12. The third-order valence-corrected chi connectivity index (χ3v) is 1.64. The molecule has 1 unspecified atom stereocenters. The molecular weight excluding hydrogens is 164 g/mol. The molecule has 1 fully saturated rings. The van der Waals surface area contributed by atoms with Gasteiger partial charge in [-0.25, -0.2) is 0 Å². The molecule has 13 heavy (non-hydrogen) atoms. The smallest absolute Gasteiger partial charge is 0.104 e. The van der Waals surface area contributed by atoms with Crippen molar-refractivity contribution in [1.29, 1.82) is 0 Å². The first-order chi connectivity index (χ1) is 6.36. The first-order valence-electron chi connectivity index (χ1n) is 4.26. The molecule has 0 aliphatic carbocycles. The lowest BCUT2D eigenvalue weighted by molar-refractivity contribution is 0.244. The zero-order valence-corrected chi connectivity index (χ0v) is 7.52. The van der Waals surface area contributed by atoms with Crippen LogP contribution in [-0.4, -0.2) is 24.4 Å². The lowest BCUT2D eigenvalue weighted by atomic mass is 10.2. The fourth-order valence-corrected chi connectivity index (χ4v) is 0.763. The molecule has 1 heterocycles. The van der Waals surface area contributed by atoms with Crippen molar-refractivity contribution in [3.63, 3.8) is 0 Å². The third-order valence-electron chi connectivity index (χ3n) is 1.64. The van der Waals surface area contributed by atoms with Gasteiger partial charge in [-0.2, -0.15) is 0 Å². The molecule has 0 saturated carbocycles. The highest BCUT2D eigenvalue weighted by atomic mass is 16.6. The Kier molecular flexibility index (Phi) is 4.23. The first kappa shape index (κ1) is 9.96. The van der Waals surface area contributed by atoms with Gasteiger partial charge in [-0.15, -0.1) is 0 Å². The van der Waals surface area contributed by atoms with Crippen LogP contribution in [0, 0.1) is 0 Å². The highest BCUT2D eigenvalue weighted by Crippen LogP contribution is 2.04. The van der Waals surface area contributed by atoms with Crippen molar-refractivity contribution in [3.05, 3.63) is 42.5 Å². The summed E-state index contributed by atoms with van der Waals surface area (Å²) in [4.78, 5) is 0. The van der Waals surface area contributed by atoms with Crippen molar-refractivity contribution in [2.75, 3.05) is 13.2 Å². The van der Waals surface area contributed by atoms with E-state index in [1.54, 1.807) is 0 Å². The fraction of sp³-hybridized carbons (Fsp3) is 0.273. The highest BCUT2D eigenvalue weighted by molar-refractivity contribution is 5.45. The summed E-state index contributed by atoms with van der Waals surface area (Å²) in [6.07, 6.45) is 2.02. The lowest BCUT2D eigenvalue weighted by Gasteiger charge is -1.85. The summed E-state index contributed by atoms with van der Waals surface area (Å²) in [6.45, 7) is 4.59. The van der Waals surface area contributed by atoms with Crippen LogP contribution >= 0.6 is 0 Å². The second-order valence-corrected chi connectivity index (χ2v) is 2.75. The summed E-state index contributed by atoms with van der Waals surface area (Å²) < 4.78 is 4.61. The van der Waals surface area contributed by atoms with Crippen LogP contribution in [0.2, 0.25) is 0 Å². The maximum absolute atomic E-state index is 8.08. The predicted molar refractivity (Wildman–Crippen MR) is 53.4 cm³/mol. The topological polar surface area (TPSA) is 32.8 Å². The average Bonchev–Trinajstić information content (AvgIpc) is 3.03. The van der Waals surface area contributed by atoms with Crippen molar-refractivity contribution >= 4 is 6.08 Å². The van der Waals surface area contributed by atoms with Crippen LogP contribution in [0.4, 0.5) is 0 Å². The quantitative estimate of drug-likeness (QED) is 0.699. The predicted octanol–water partition coefficient (Wildman–Crippen LogP) is 1.71. The van der Waals surface area contributed by atoms with Crippen LogP contribution in [-0.2, 0) is 4.74 Å². The number of aliphatic hydroxyl groups excluding tert-OH is 1. The standard InChI is InChI=1S/C8H8.C3H6O2/c1-2-8-6-4-3-5-7-8;4-1-3-2-5-3/h2-7H,1H2;3-4H,1-2H2. The van der Waals surface area contributed by atoms with Gasteiger partial charge in [0.15, 0.2) is 0 Å². The van der Waals surface area contributed by atoms with Crippen LogP contribution in [0.25, 0.3) is 6.08 Å². The SMILES string of the molecule is C=Cc1ccccc1.OCC1CO1. The van der Waals surface area contributed by atoms with Gasteiger partial charge in [-0.05, 0) is 5.56 Å². The van der Waals surface area contributed by atoms with Gasteiger partial charge < -0.3 is 9.84 Å². The van der Waals surface area contributed by atoms with Gasteiger partial charge in [-0.1, -0.05) is 43.0 Å². The van der Waals surface area contributed by atoms with Gasteiger partial charge in [0, 0.05) is 0 Å². The molecule has 0 aromatic heterocycles. The second-order valence-electron chi connectivity index (χ2n) is 2.75. The molecule has 1 atom stereocenters. The molecule has 1 aromatic carbocycles. The minimum atomic E-state index is 0.190. The van der Waals surface area contributed by atoms with Crippen LogP contribution in [0.15, 0.2) is 36.9 Å². The Morgan fingerprint density at radius 1 is 1.46 bits per heavy atom. The number of rotatable bonds is 2. The Labute approximate surface area is 78.5 Å². The van der Waals surface area contributed by atoms with Gasteiger partial charge in [-0.3, -0.25) is 0 Å². The fourth-order valence-electron chi connectivity index (χ4n) is 0.763. The molecule has 2 rings (SSSR count). The number of ether oxygens (including phenoxy) is 1. The van der Waals surface area contributed by atoms with E-state index in [9.17, 15) is 0 Å². The highest BCUT2D eigenvalue weighted by Gasteiger charge is 2.19. The number of aliphatic hydroxyl groups is 1. The summed E-state index contributed by atoms with van der Waals surface area (Å²) in [6, 6.07) is 10.0. The first-order valence-corrected chi connectivity index (χ1v) is 4.26. The normalized spacial score (nSPS) is 18.4. The van der Waals surface area contributed by atoms with E-state index in [1.807, 2.05) is 36.4 Å². The third kappa shape index (κ3) is 4.45. The van der Waals surface area contributed by atoms with Crippen LogP contribution in [0.1, 0.15) is 5.56 Å². The van der Waals surface area contributed by atoms with E-state index < -0.39 is 0 Å². The second kappa shape index (κ2) is 5.51. The van der Waals surface area contributed by atoms with E-state index in [0.29, 0.717) is 0 Å². The monoisotopic (exact) mass is 178 g/mol. The Morgan fingerprint density at radius 2 is 2.08 bits per heavy atom. The molecule has 2 nitrogen and oxygen atoms in total. The summed E-state index contributed by atoms with van der Waals surface area (Å²) >= 11 is 0. The maximum atomic E-state index is 8.08. The number of hydrogen-bond acceptors (Lipinski definition) is 2. The zero-order valence-electron chi connectivity index (χ0n) is 7.52. The van der Waals surface area contributed by atoms with E-state index in [0.717, 1.165) is 6.61 Å². The van der Waals surface area contributed by atoms with E-state index >= 15 is 0 Å². The zero-order chi connectivity index (χ0) is 9.52. The van der Waals surface area contributed by atoms with Gasteiger partial charge in [0.05, 0.1) is 13.2 Å². The molecule has 1 saturated heterocycles. The Balaban J connectivity index is 0.000000145. The summed E-state index contributed by atoms with van der Waals surface area (Å²) in [5.41, 5.74) is 1.17. The van der Waals surface area contributed by atoms with Crippen LogP contribution < -0.4 is 0 Å². The molecule has 0 bridgehead atoms. The minimum Gasteiger partial charge on any atom is -0.394 e. The molecule has 70 valence electrons. The van der Waals surface area contributed by atoms with E-state index in [-0.39, 0.29) is 12.7 Å². The summed E-state index contributed by atoms with van der Waals surface area (Å²) in [7, 11) is 0. The van der Waals surface area contributed by atoms with Gasteiger partial charge in [0.25, 0.3) is 0 Å². The molecule has 2 heteroatoms. The molecule has 0 radical (unpaired) electrons. The molecule has 0 spiro atoms.